The van der Waals surface area contributed by atoms with Gasteiger partial charge >= 0.3 is 0 Å². The standard InChI is InChI=1S/C30H35FN2/c1-4-29(19-20-30(23-32,24(2)3)27-15-17-28(31)18-16-27)33(21-25-11-7-5-8-12-25)22-26-13-9-6-10-14-26/h5-18,24,29H,4,19-22H2,1-3H3. The molecule has 0 bridgehead atoms. The van der Waals surface area contributed by atoms with E-state index in [4.69, 9.17) is 0 Å². The van der Waals surface area contributed by atoms with Gasteiger partial charge in [0.1, 0.15) is 5.82 Å². The summed E-state index contributed by atoms with van der Waals surface area (Å²) in [7, 11) is 0. The van der Waals surface area contributed by atoms with Crippen LogP contribution in [0.15, 0.2) is 84.9 Å². The number of hydrogen-bond acceptors (Lipinski definition) is 2. The van der Waals surface area contributed by atoms with Gasteiger partial charge in [-0.1, -0.05) is 93.6 Å². The van der Waals surface area contributed by atoms with E-state index in [1.165, 1.54) is 23.3 Å². The Balaban J connectivity index is 1.85. The van der Waals surface area contributed by atoms with Crippen molar-refractivity contribution in [2.24, 2.45) is 5.92 Å². The maximum Gasteiger partial charge on any atom is 0.123 e. The van der Waals surface area contributed by atoms with Crippen molar-refractivity contribution in [2.75, 3.05) is 0 Å². The second-order valence-corrected chi connectivity index (χ2v) is 9.22. The summed E-state index contributed by atoms with van der Waals surface area (Å²) in [6.07, 6.45) is 2.65. The van der Waals surface area contributed by atoms with Crippen LogP contribution in [0.2, 0.25) is 0 Å². The van der Waals surface area contributed by atoms with Gasteiger partial charge in [0.15, 0.2) is 0 Å². The largest absolute Gasteiger partial charge is 0.292 e. The molecule has 2 atom stereocenters. The molecule has 33 heavy (non-hydrogen) atoms. The van der Waals surface area contributed by atoms with E-state index < -0.39 is 5.41 Å². The fourth-order valence-electron chi connectivity index (χ4n) is 4.75. The van der Waals surface area contributed by atoms with Crippen LogP contribution in [0.5, 0.6) is 0 Å². The molecule has 0 aliphatic rings. The summed E-state index contributed by atoms with van der Waals surface area (Å²) < 4.78 is 13.6. The van der Waals surface area contributed by atoms with E-state index in [-0.39, 0.29) is 11.7 Å². The molecule has 3 heteroatoms. The van der Waals surface area contributed by atoms with E-state index in [1.807, 2.05) is 0 Å². The molecule has 0 aliphatic heterocycles. The monoisotopic (exact) mass is 442 g/mol. The Morgan fingerprint density at radius 3 is 1.79 bits per heavy atom. The van der Waals surface area contributed by atoms with Crippen molar-refractivity contribution in [1.82, 2.24) is 4.90 Å². The summed E-state index contributed by atoms with van der Waals surface area (Å²) in [5.41, 5.74) is 2.86. The van der Waals surface area contributed by atoms with E-state index >= 15 is 0 Å². The molecule has 0 saturated carbocycles. The predicted molar refractivity (Wildman–Crippen MR) is 134 cm³/mol. The average molecular weight is 443 g/mol. The molecule has 0 radical (unpaired) electrons. The number of benzene rings is 3. The lowest BCUT2D eigenvalue weighted by atomic mass is 9.69. The van der Waals surface area contributed by atoms with Gasteiger partial charge < -0.3 is 0 Å². The van der Waals surface area contributed by atoms with Crippen molar-refractivity contribution < 1.29 is 4.39 Å². The van der Waals surface area contributed by atoms with Gasteiger partial charge in [-0.3, -0.25) is 4.90 Å². The van der Waals surface area contributed by atoms with Crippen LogP contribution < -0.4 is 0 Å². The zero-order chi connectivity index (χ0) is 23.7. The third kappa shape index (κ3) is 6.30. The predicted octanol–water partition coefficient (Wildman–Crippen LogP) is 7.50. The van der Waals surface area contributed by atoms with E-state index in [2.05, 4.69) is 92.4 Å². The highest BCUT2D eigenvalue weighted by Gasteiger charge is 2.37. The lowest BCUT2D eigenvalue weighted by Gasteiger charge is -2.36. The van der Waals surface area contributed by atoms with Crippen LogP contribution in [0.1, 0.15) is 56.7 Å². The van der Waals surface area contributed by atoms with Gasteiger partial charge in [-0.25, -0.2) is 4.39 Å². The van der Waals surface area contributed by atoms with E-state index in [9.17, 15) is 9.65 Å². The highest BCUT2D eigenvalue weighted by atomic mass is 19.1. The molecule has 0 aromatic heterocycles. The first-order valence-corrected chi connectivity index (χ1v) is 12.0. The summed E-state index contributed by atoms with van der Waals surface area (Å²) in [6, 6.07) is 30.6. The van der Waals surface area contributed by atoms with Crippen LogP contribution in [0.3, 0.4) is 0 Å². The number of nitrogens with zero attached hydrogens (tertiary/aromatic N) is 2. The summed E-state index contributed by atoms with van der Waals surface area (Å²) in [5, 5.41) is 10.3. The van der Waals surface area contributed by atoms with Crippen LogP contribution in [0.25, 0.3) is 0 Å². The van der Waals surface area contributed by atoms with E-state index in [1.54, 1.807) is 12.1 Å². The maximum absolute atomic E-state index is 13.6. The molecule has 0 fully saturated rings. The lowest BCUT2D eigenvalue weighted by molar-refractivity contribution is 0.152. The van der Waals surface area contributed by atoms with Gasteiger partial charge in [-0.15, -0.1) is 0 Å². The van der Waals surface area contributed by atoms with Gasteiger partial charge in [0.2, 0.25) is 0 Å². The molecule has 172 valence electrons. The van der Waals surface area contributed by atoms with Crippen LogP contribution in [-0.2, 0) is 18.5 Å². The van der Waals surface area contributed by atoms with Crippen molar-refractivity contribution in [2.45, 2.75) is 64.6 Å². The fourth-order valence-corrected chi connectivity index (χ4v) is 4.75. The number of nitriles is 1. The second-order valence-electron chi connectivity index (χ2n) is 9.22. The lowest BCUT2D eigenvalue weighted by Crippen LogP contribution is -2.37. The van der Waals surface area contributed by atoms with Crippen molar-refractivity contribution in [3.63, 3.8) is 0 Å². The minimum atomic E-state index is -0.633. The van der Waals surface area contributed by atoms with Crippen molar-refractivity contribution in [1.29, 1.82) is 5.26 Å². The fraction of sp³-hybridized carbons (Fsp3) is 0.367. The molecule has 2 unspecified atom stereocenters. The molecule has 0 aliphatic carbocycles. The molecule has 0 heterocycles. The Morgan fingerprint density at radius 1 is 0.848 bits per heavy atom. The third-order valence-electron chi connectivity index (χ3n) is 6.86. The van der Waals surface area contributed by atoms with Crippen LogP contribution in [-0.4, -0.2) is 10.9 Å². The Hall–Kier alpha value is -2.96. The molecule has 3 aromatic carbocycles. The molecular weight excluding hydrogens is 407 g/mol. The quantitative estimate of drug-likeness (QED) is 0.307. The van der Waals surface area contributed by atoms with Gasteiger partial charge in [0, 0.05) is 19.1 Å². The Bertz CT molecular complexity index is 967. The number of rotatable bonds is 11. The van der Waals surface area contributed by atoms with Crippen molar-refractivity contribution in [3.05, 3.63) is 107 Å². The zero-order valence-electron chi connectivity index (χ0n) is 20.0. The molecule has 2 nitrogen and oxygen atoms in total. The average Bonchev–Trinajstić information content (AvgIpc) is 2.84. The van der Waals surface area contributed by atoms with Gasteiger partial charge in [-0.05, 0) is 54.0 Å². The zero-order valence-corrected chi connectivity index (χ0v) is 20.0. The van der Waals surface area contributed by atoms with E-state index in [0.29, 0.717) is 6.04 Å². The normalized spacial score (nSPS) is 14.1. The van der Waals surface area contributed by atoms with E-state index in [0.717, 1.165) is 37.9 Å². The first-order valence-electron chi connectivity index (χ1n) is 12.0. The smallest absolute Gasteiger partial charge is 0.123 e. The first kappa shape index (κ1) is 24.7. The van der Waals surface area contributed by atoms with Crippen LogP contribution >= 0.6 is 0 Å². The van der Waals surface area contributed by atoms with Crippen LogP contribution in [0, 0.1) is 23.1 Å². The summed E-state index contributed by atoms with van der Waals surface area (Å²) in [5.74, 6) is -0.139. The molecule has 3 aromatic rings. The number of hydrogen-bond donors (Lipinski definition) is 0. The van der Waals surface area contributed by atoms with Crippen molar-refractivity contribution in [3.8, 4) is 6.07 Å². The molecule has 0 amide bonds. The molecular formula is C30H35FN2. The highest BCUT2D eigenvalue weighted by Crippen LogP contribution is 2.38. The SMILES string of the molecule is CCC(CCC(C#N)(c1ccc(F)cc1)C(C)C)N(Cc1ccccc1)Cc1ccccc1. The minimum Gasteiger partial charge on any atom is -0.292 e. The van der Waals surface area contributed by atoms with Gasteiger partial charge in [0.05, 0.1) is 11.5 Å². The Kier molecular flexibility index (Phi) is 8.80. The molecule has 0 N–H and O–H groups in total. The maximum atomic E-state index is 13.6. The van der Waals surface area contributed by atoms with Crippen LogP contribution in [0.4, 0.5) is 4.39 Å². The summed E-state index contributed by atoms with van der Waals surface area (Å²) >= 11 is 0. The Morgan fingerprint density at radius 2 is 1.36 bits per heavy atom. The third-order valence-corrected chi connectivity index (χ3v) is 6.86. The molecule has 3 rings (SSSR count). The first-order chi connectivity index (χ1) is 16.0. The Labute approximate surface area is 198 Å². The van der Waals surface area contributed by atoms with Crippen molar-refractivity contribution >= 4 is 0 Å². The topological polar surface area (TPSA) is 27.0 Å². The number of halogens is 1. The summed E-state index contributed by atoms with van der Waals surface area (Å²) in [4.78, 5) is 2.54. The highest BCUT2D eigenvalue weighted by molar-refractivity contribution is 5.33. The molecule has 0 saturated heterocycles. The van der Waals surface area contributed by atoms with Gasteiger partial charge in [-0.2, -0.15) is 5.26 Å². The molecule has 0 spiro atoms. The minimum absolute atomic E-state index is 0.127. The van der Waals surface area contributed by atoms with Gasteiger partial charge in [0.25, 0.3) is 0 Å². The second kappa shape index (κ2) is 11.8. The summed E-state index contributed by atoms with van der Waals surface area (Å²) in [6.45, 7) is 8.16.